The van der Waals surface area contributed by atoms with Gasteiger partial charge in [-0.25, -0.2) is 14.4 Å². The summed E-state index contributed by atoms with van der Waals surface area (Å²) in [5.74, 6) is -1.40. The highest BCUT2D eigenvalue weighted by atomic mass is 16.6. The number of hydrogen-bond acceptors (Lipinski definition) is 7. The summed E-state index contributed by atoms with van der Waals surface area (Å²) in [7, 11) is 0. The SMILES string of the molecule is Cc1cc(=O)nc(NC(=O)NCCCCCCNC(=O)OCC(C)(O)C(=O)O)[nH]1. The molecule has 3 amide bonds. The van der Waals surface area contributed by atoms with Gasteiger partial charge in [-0.1, -0.05) is 12.8 Å². The van der Waals surface area contributed by atoms with E-state index in [2.05, 4.69) is 30.7 Å². The Morgan fingerprint density at radius 2 is 1.79 bits per heavy atom. The summed E-state index contributed by atoms with van der Waals surface area (Å²) in [6, 6.07) is 0.845. The number of alkyl carbamates (subject to hydrolysis) is 1. The predicted molar refractivity (Wildman–Crippen MR) is 103 cm³/mol. The van der Waals surface area contributed by atoms with Crippen molar-refractivity contribution in [2.75, 3.05) is 25.0 Å². The van der Waals surface area contributed by atoms with Crippen molar-refractivity contribution < 1.29 is 29.3 Å². The van der Waals surface area contributed by atoms with Gasteiger partial charge in [0, 0.05) is 24.8 Å². The molecule has 0 fully saturated rings. The Kier molecular flexibility index (Phi) is 9.59. The van der Waals surface area contributed by atoms with Gasteiger partial charge in [-0.15, -0.1) is 0 Å². The van der Waals surface area contributed by atoms with E-state index in [-0.39, 0.29) is 5.95 Å². The fourth-order valence-electron chi connectivity index (χ4n) is 2.10. The highest BCUT2D eigenvalue weighted by molar-refractivity contribution is 5.87. The van der Waals surface area contributed by atoms with Gasteiger partial charge in [0.25, 0.3) is 5.56 Å². The van der Waals surface area contributed by atoms with Gasteiger partial charge < -0.3 is 30.6 Å². The Bertz CT molecular complexity index is 763. The number of carbonyl (C=O) groups excluding carboxylic acids is 2. The standard InChI is InChI=1S/C17H27N5O7/c1-11-9-12(23)21-14(20-11)22-15(26)18-7-5-3-4-6-8-19-16(27)29-10-17(2,28)13(24)25/h9,28H,3-8,10H2,1-2H3,(H,19,27)(H,24,25)(H3,18,20,21,22,23,26). The van der Waals surface area contributed by atoms with Crippen molar-refractivity contribution in [2.45, 2.75) is 45.1 Å². The van der Waals surface area contributed by atoms with Crippen molar-refractivity contribution >= 4 is 24.0 Å². The predicted octanol–water partition coefficient (Wildman–Crippen LogP) is 0.322. The van der Waals surface area contributed by atoms with Gasteiger partial charge in [0.15, 0.2) is 5.60 Å². The van der Waals surface area contributed by atoms with E-state index >= 15 is 0 Å². The molecule has 0 aliphatic carbocycles. The molecule has 0 aliphatic rings. The summed E-state index contributed by atoms with van der Waals surface area (Å²) in [5, 5.41) is 25.7. The quantitative estimate of drug-likeness (QED) is 0.280. The molecule has 0 spiro atoms. The maximum atomic E-state index is 11.7. The first-order valence-electron chi connectivity index (χ1n) is 9.09. The zero-order chi connectivity index (χ0) is 21.9. The van der Waals surface area contributed by atoms with Crippen LogP contribution in [0.3, 0.4) is 0 Å². The first-order valence-corrected chi connectivity index (χ1v) is 9.09. The van der Waals surface area contributed by atoms with Crippen LogP contribution < -0.4 is 21.5 Å². The molecule has 6 N–H and O–H groups in total. The Hall–Kier alpha value is -3.15. The summed E-state index contributed by atoms with van der Waals surface area (Å²) in [6.07, 6.45) is 2.20. The third-order valence-electron chi connectivity index (χ3n) is 3.71. The fourth-order valence-corrected chi connectivity index (χ4v) is 2.10. The number of nitrogens with zero attached hydrogens (tertiary/aromatic N) is 1. The lowest BCUT2D eigenvalue weighted by molar-refractivity contribution is -0.160. The lowest BCUT2D eigenvalue weighted by Crippen LogP contribution is -2.42. The number of nitrogens with one attached hydrogen (secondary N) is 4. The van der Waals surface area contributed by atoms with Crippen molar-refractivity contribution in [3.05, 3.63) is 22.1 Å². The number of unbranched alkanes of at least 4 members (excludes halogenated alkanes) is 3. The minimum Gasteiger partial charge on any atom is -0.479 e. The van der Waals surface area contributed by atoms with Gasteiger partial charge in [0.1, 0.15) is 6.61 Å². The number of anilines is 1. The Morgan fingerprint density at radius 1 is 1.17 bits per heavy atom. The molecule has 162 valence electrons. The number of H-pyrrole nitrogens is 1. The minimum absolute atomic E-state index is 0.0790. The molecule has 1 heterocycles. The van der Waals surface area contributed by atoms with E-state index in [1.165, 1.54) is 6.07 Å². The molecule has 0 saturated heterocycles. The molecule has 0 bridgehead atoms. The van der Waals surface area contributed by atoms with Gasteiger partial charge in [0.2, 0.25) is 5.95 Å². The van der Waals surface area contributed by atoms with Gasteiger partial charge in [0.05, 0.1) is 0 Å². The number of rotatable bonds is 11. The average molecular weight is 413 g/mol. The minimum atomic E-state index is -2.12. The molecule has 0 aliphatic heterocycles. The van der Waals surface area contributed by atoms with E-state index in [1.54, 1.807) is 6.92 Å². The number of aliphatic carboxylic acids is 1. The smallest absolute Gasteiger partial charge is 0.407 e. The highest BCUT2D eigenvalue weighted by Crippen LogP contribution is 2.04. The van der Waals surface area contributed by atoms with Crippen LogP contribution in [-0.2, 0) is 9.53 Å². The van der Waals surface area contributed by atoms with Crippen molar-refractivity contribution in [1.82, 2.24) is 20.6 Å². The summed E-state index contributed by atoms with van der Waals surface area (Å²) in [4.78, 5) is 51.4. The second-order valence-electron chi connectivity index (χ2n) is 6.63. The maximum Gasteiger partial charge on any atom is 0.407 e. The van der Waals surface area contributed by atoms with Crippen LogP contribution in [0.4, 0.5) is 15.5 Å². The molecular weight excluding hydrogens is 386 g/mol. The topological polar surface area (TPSA) is 183 Å². The number of aromatic nitrogens is 2. The van der Waals surface area contributed by atoms with E-state index < -0.39 is 35.9 Å². The Labute approximate surface area is 167 Å². The summed E-state index contributed by atoms with van der Waals surface area (Å²) in [5.41, 5.74) is -1.98. The van der Waals surface area contributed by atoms with E-state index in [0.29, 0.717) is 25.2 Å². The molecule has 1 aromatic heterocycles. The highest BCUT2D eigenvalue weighted by Gasteiger charge is 2.31. The van der Waals surface area contributed by atoms with E-state index in [0.717, 1.165) is 26.2 Å². The number of amides is 3. The Balaban J connectivity index is 2.05. The molecule has 0 radical (unpaired) electrons. The molecule has 1 aromatic rings. The van der Waals surface area contributed by atoms with Crippen LogP contribution >= 0.6 is 0 Å². The van der Waals surface area contributed by atoms with Crippen molar-refractivity contribution in [1.29, 1.82) is 0 Å². The second-order valence-corrected chi connectivity index (χ2v) is 6.63. The number of carbonyl (C=O) groups is 3. The van der Waals surface area contributed by atoms with Crippen LogP contribution in [0.1, 0.15) is 38.3 Å². The van der Waals surface area contributed by atoms with Crippen LogP contribution in [0.25, 0.3) is 0 Å². The lowest BCUT2D eigenvalue weighted by Gasteiger charge is -2.17. The molecule has 1 rings (SSSR count). The van der Waals surface area contributed by atoms with Crippen LogP contribution in [0.5, 0.6) is 0 Å². The zero-order valence-electron chi connectivity index (χ0n) is 16.4. The number of urea groups is 1. The van der Waals surface area contributed by atoms with Crippen LogP contribution in [-0.4, -0.2) is 63.6 Å². The number of aromatic amines is 1. The van der Waals surface area contributed by atoms with Crippen LogP contribution in [0.2, 0.25) is 0 Å². The van der Waals surface area contributed by atoms with Crippen LogP contribution in [0.15, 0.2) is 10.9 Å². The number of carboxylic acids is 1. The third-order valence-corrected chi connectivity index (χ3v) is 3.71. The fraction of sp³-hybridized carbons (Fsp3) is 0.588. The summed E-state index contributed by atoms with van der Waals surface area (Å²) >= 11 is 0. The van der Waals surface area contributed by atoms with Gasteiger partial charge in [-0.05, 0) is 26.7 Å². The van der Waals surface area contributed by atoms with Crippen molar-refractivity contribution in [3.8, 4) is 0 Å². The Morgan fingerprint density at radius 3 is 2.38 bits per heavy atom. The molecule has 0 saturated carbocycles. The first kappa shape index (κ1) is 23.9. The molecule has 1 atom stereocenters. The molecule has 12 heteroatoms. The number of carboxylic acid groups (broad SMARTS) is 1. The zero-order valence-corrected chi connectivity index (χ0v) is 16.4. The molecule has 1 unspecified atom stereocenters. The number of hydrogen-bond donors (Lipinski definition) is 6. The summed E-state index contributed by atoms with van der Waals surface area (Å²) < 4.78 is 4.64. The molecular formula is C17H27N5O7. The molecule has 12 nitrogen and oxygen atoms in total. The van der Waals surface area contributed by atoms with Crippen LogP contribution in [0, 0.1) is 6.92 Å². The largest absolute Gasteiger partial charge is 0.479 e. The number of aryl methyl sites for hydroxylation is 1. The van der Waals surface area contributed by atoms with E-state index in [9.17, 15) is 24.3 Å². The first-order chi connectivity index (χ1) is 13.6. The normalized spacial score (nSPS) is 12.5. The number of aliphatic hydroxyl groups is 1. The van der Waals surface area contributed by atoms with Gasteiger partial charge in [-0.2, -0.15) is 4.98 Å². The maximum absolute atomic E-state index is 11.7. The third kappa shape index (κ3) is 10.1. The van der Waals surface area contributed by atoms with Gasteiger partial charge in [-0.3, -0.25) is 10.1 Å². The summed E-state index contributed by atoms with van der Waals surface area (Å²) in [6.45, 7) is 2.85. The number of ether oxygens (including phenoxy) is 1. The lowest BCUT2D eigenvalue weighted by atomic mass is 10.1. The molecule has 29 heavy (non-hydrogen) atoms. The monoisotopic (exact) mass is 413 g/mol. The molecule has 0 aromatic carbocycles. The van der Waals surface area contributed by atoms with E-state index in [1.807, 2.05) is 0 Å². The average Bonchev–Trinajstić information content (AvgIpc) is 2.61. The van der Waals surface area contributed by atoms with Crippen molar-refractivity contribution in [3.63, 3.8) is 0 Å². The van der Waals surface area contributed by atoms with Crippen molar-refractivity contribution in [2.24, 2.45) is 0 Å². The second kappa shape index (κ2) is 11.6. The van der Waals surface area contributed by atoms with E-state index in [4.69, 9.17) is 5.11 Å². The van der Waals surface area contributed by atoms with Gasteiger partial charge >= 0.3 is 18.1 Å².